The summed E-state index contributed by atoms with van der Waals surface area (Å²) in [6, 6.07) is 5.28. The zero-order valence-electron chi connectivity index (χ0n) is 12.5. The number of ether oxygens (including phenoxy) is 2. The summed E-state index contributed by atoms with van der Waals surface area (Å²) in [6.07, 6.45) is 1.23. The van der Waals surface area contributed by atoms with Crippen LogP contribution in [0.3, 0.4) is 0 Å². The monoisotopic (exact) mass is 301 g/mol. The van der Waals surface area contributed by atoms with Crippen molar-refractivity contribution in [1.29, 1.82) is 0 Å². The van der Waals surface area contributed by atoms with E-state index in [4.69, 9.17) is 9.47 Å². The third-order valence-corrected chi connectivity index (χ3v) is 3.62. The van der Waals surface area contributed by atoms with Crippen LogP contribution in [0.25, 0.3) is 0 Å². The summed E-state index contributed by atoms with van der Waals surface area (Å²) in [6.45, 7) is 6.76. The average molecular weight is 301 g/mol. The van der Waals surface area contributed by atoms with E-state index >= 15 is 0 Å². The number of sulfone groups is 1. The molecule has 0 aliphatic carbocycles. The van der Waals surface area contributed by atoms with E-state index in [1.54, 1.807) is 0 Å². The summed E-state index contributed by atoms with van der Waals surface area (Å²) in [5, 5.41) is 3.17. The fraction of sp³-hybridized carbons (Fsp3) is 0.571. The van der Waals surface area contributed by atoms with Gasteiger partial charge in [0, 0.05) is 18.4 Å². The summed E-state index contributed by atoms with van der Waals surface area (Å²) in [7, 11) is -3.02. The quantitative estimate of drug-likeness (QED) is 0.798. The zero-order valence-corrected chi connectivity index (χ0v) is 13.3. The first-order valence-corrected chi connectivity index (χ1v) is 8.75. The van der Waals surface area contributed by atoms with Crippen LogP contribution in [0.15, 0.2) is 18.2 Å². The molecule has 1 N–H and O–H groups in total. The first-order chi connectivity index (χ1) is 9.35. The number of nitrogens with one attached hydrogen (secondary N) is 1. The van der Waals surface area contributed by atoms with Crippen LogP contribution >= 0.6 is 0 Å². The lowest BCUT2D eigenvalue weighted by molar-refractivity contribution is 0.331. The second-order valence-corrected chi connectivity index (χ2v) is 6.85. The minimum absolute atomic E-state index is 0.0669. The van der Waals surface area contributed by atoms with Crippen LogP contribution in [-0.4, -0.2) is 39.7 Å². The van der Waals surface area contributed by atoms with Crippen LogP contribution in [0.5, 0.6) is 11.5 Å². The molecule has 1 atom stereocenters. The van der Waals surface area contributed by atoms with Crippen LogP contribution < -0.4 is 14.8 Å². The minimum Gasteiger partial charge on any atom is -0.494 e. The SMILES string of the molecule is CCOc1ccc(OCC)c(NC(C)CS(C)(=O)=O)c1. The van der Waals surface area contributed by atoms with Gasteiger partial charge in [0.05, 0.1) is 24.7 Å². The molecular weight excluding hydrogens is 278 g/mol. The third kappa shape index (κ3) is 5.69. The van der Waals surface area contributed by atoms with Gasteiger partial charge in [0.1, 0.15) is 21.3 Å². The minimum atomic E-state index is -3.02. The average Bonchev–Trinajstić information content (AvgIpc) is 2.30. The predicted molar refractivity (Wildman–Crippen MR) is 81.6 cm³/mol. The Hall–Kier alpha value is -1.43. The van der Waals surface area contributed by atoms with Crippen molar-refractivity contribution in [2.45, 2.75) is 26.8 Å². The van der Waals surface area contributed by atoms with Crippen molar-refractivity contribution in [3.63, 3.8) is 0 Å². The number of benzene rings is 1. The standard InChI is InChI=1S/C14H23NO4S/c1-5-18-12-7-8-14(19-6-2)13(9-12)15-11(3)10-20(4,16)17/h7-9,11,15H,5-6,10H2,1-4H3. The van der Waals surface area contributed by atoms with Gasteiger partial charge in [-0.1, -0.05) is 0 Å². The Bertz CT molecular complexity index is 528. The first kappa shape index (κ1) is 16.6. The maximum atomic E-state index is 11.3. The lowest BCUT2D eigenvalue weighted by Crippen LogP contribution is -2.25. The lowest BCUT2D eigenvalue weighted by atomic mass is 10.2. The highest BCUT2D eigenvalue weighted by Gasteiger charge is 2.13. The van der Waals surface area contributed by atoms with E-state index in [-0.39, 0.29) is 11.8 Å². The molecule has 0 spiro atoms. The molecule has 0 radical (unpaired) electrons. The molecule has 1 unspecified atom stereocenters. The van der Waals surface area contributed by atoms with Gasteiger partial charge >= 0.3 is 0 Å². The molecule has 1 aromatic carbocycles. The highest BCUT2D eigenvalue weighted by atomic mass is 32.2. The smallest absolute Gasteiger partial charge is 0.149 e. The Kier molecular flexibility index (Phi) is 6.13. The molecule has 0 amide bonds. The summed E-state index contributed by atoms with van der Waals surface area (Å²) >= 11 is 0. The largest absolute Gasteiger partial charge is 0.494 e. The van der Waals surface area contributed by atoms with Gasteiger partial charge in [0.25, 0.3) is 0 Å². The number of rotatable bonds is 8. The van der Waals surface area contributed by atoms with Crippen molar-refractivity contribution < 1.29 is 17.9 Å². The highest BCUT2D eigenvalue weighted by Crippen LogP contribution is 2.30. The Morgan fingerprint density at radius 3 is 2.40 bits per heavy atom. The summed E-state index contributed by atoms with van der Waals surface area (Å²) in [5.41, 5.74) is 0.744. The molecule has 0 aliphatic heterocycles. The van der Waals surface area contributed by atoms with Gasteiger partial charge in [0.15, 0.2) is 0 Å². The molecule has 0 heterocycles. The van der Waals surface area contributed by atoms with Gasteiger partial charge < -0.3 is 14.8 Å². The molecule has 0 aliphatic rings. The Labute approximate surface area is 121 Å². The van der Waals surface area contributed by atoms with E-state index in [0.29, 0.717) is 19.0 Å². The fourth-order valence-corrected chi connectivity index (χ4v) is 2.91. The molecule has 114 valence electrons. The van der Waals surface area contributed by atoms with Crippen LogP contribution in [-0.2, 0) is 9.84 Å². The second kappa shape index (κ2) is 7.38. The maximum Gasteiger partial charge on any atom is 0.149 e. The van der Waals surface area contributed by atoms with Crippen molar-refractivity contribution in [2.75, 3.05) is 30.5 Å². The first-order valence-electron chi connectivity index (χ1n) is 6.69. The van der Waals surface area contributed by atoms with Crippen molar-refractivity contribution in [3.8, 4) is 11.5 Å². The molecule has 1 rings (SSSR count). The summed E-state index contributed by atoms with van der Waals surface area (Å²) in [4.78, 5) is 0. The van der Waals surface area contributed by atoms with Gasteiger partial charge in [-0.2, -0.15) is 0 Å². The van der Waals surface area contributed by atoms with Crippen LogP contribution in [0.1, 0.15) is 20.8 Å². The van der Waals surface area contributed by atoms with E-state index in [9.17, 15) is 8.42 Å². The number of anilines is 1. The van der Waals surface area contributed by atoms with E-state index in [1.807, 2.05) is 39.0 Å². The Morgan fingerprint density at radius 2 is 1.85 bits per heavy atom. The fourth-order valence-electron chi connectivity index (χ4n) is 1.92. The zero-order chi connectivity index (χ0) is 15.2. The van der Waals surface area contributed by atoms with E-state index in [1.165, 1.54) is 6.26 Å². The molecule has 5 nitrogen and oxygen atoms in total. The lowest BCUT2D eigenvalue weighted by Gasteiger charge is -2.18. The molecule has 1 aromatic rings. The van der Waals surface area contributed by atoms with Crippen molar-refractivity contribution in [2.24, 2.45) is 0 Å². The van der Waals surface area contributed by atoms with Crippen molar-refractivity contribution in [3.05, 3.63) is 18.2 Å². The van der Waals surface area contributed by atoms with Gasteiger partial charge in [-0.05, 0) is 32.9 Å². The normalized spacial score (nSPS) is 12.8. The molecule has 0 fully saturated rings. The molecular formula is C14H23NO4S. The summed E-state index contributed by atoms with van der Waals surface area (Å²) < 4.78 is 33.6. The molecule has 0 saturated carbocycles. The Morgan fingerprint density at radius 1 is 1.20 bits per heavy atom. The molecule has 20 heavy (non-hydrogen) atoms. The Balaban J connectivity index is 2.91. The number of hydrogen-bond acceptors (Lipinski definition) is 5. The van der Waals surface area contributed by atoms with E-state index in [0.717, 1.165) is 11.4 Å². The molecule has 6 heteroatoms. The van der Waals surface area contributed by atoms with Crippen LogP contribution in [0.2, 0.25) is 0 Å². The third-order valence-electron chi connectivity index (χ3n) is 2.52. The van der Waals surface area contributed by atoms with E-state index in [2.05, 4.69) is 5.32 Å². The second-order valence-electron chi connectivity index (χ2n) is 4.66. The molecule has 0 bridgehead atoms. The highest BCUT2D eigenvalue weighted by molar-refractivity contribution is 7.90. The summed E-state index contributed by atoms with van der Waals surface area (Å²) in [5.74, 6) is 1.48. The van der Waals surface area contributed by atoms with Gasteiger partial charge in [-0.25, -0.2) is 8.42 Å². The van der Waals surface area contributed by atoms with E-state index < -0.39 is 9.84 Å². The topological polar surface area (TPSA) is 64.6 Å². The predicted octanol–water partition coefficient (Wildman–Crippen LogP) is 2.33. The number of hydrogen-bond donors (Lipinski definition) is 1. The van der Waals surface area contributed by atoms with Crippen molar-refractivity contribution in [1.82, 2.24) is 0 Å². The maximum absolute atomic E-state index is 11.3. The van der Waals surface area contributed by atoms with Crippen molar-refractivity contribution >= 4 is 15.5 Å². The van der Waals surface area contributed by atoms with Gasteiger partial charge in [-0.15, -0.1) is 0 Å². The van der Waals surface area contributed by atoms with Crippen LogP contribution in [0, 0.1) is 0 Å². The van der Waals surface area contributed by atoms with Gasteiger partial charge in [-0.3, -0.25) is 0 Å². The molecule has 0 aromatic heterocycles. The molecule has 0 saturated heterocycles. The van der Waals surface area contributed by atoms with Gasteiger partial charge in [0.2, 0.25) is 0 Å². The van der Waals surface area contributed by atoms with Crippen LogP contribution in [0.4, 0.5) is 5.69 Å².